The van der Waals surface area contributed by atoms with Crippen LogP contribution in [0.4, 0.5) is 4.39 Å². The van der Waals surface area contributed by atoms with Gasteiger partial charge in [-0.1, -0.05) is 0 Å². The van der Waals surface area contributed by atoms with Gasteiger partial charge in [0.1, 0.15) is 0 Å². The second kappa shape index (κ2) is 6.07. The minimum Gasteiger partial charge on any atom is -0.382 e. The van der Waals surface area contributed by atoms with Crippen LogP contribution in [0.25, 0.3) is 0 Å². The Morgan fingerprint density at radius 1 is 1.52 bits per heavy atom. The number of hydrogen-bond donors (Lipinski definition) is 0. The first-order valence-corrected chi connectivity index (χ1v) is 7.25. The van der Waals surface area contributed by atoms with E-state index in [1.54, 1.807) is 12.0 Å². The minimum atomic E-state index is -0.570. The molecule has 2 saturated heterocycles. The molecule has 114 valence electrons. The van der Waals surface area contributed by atoms with Gasteiger partial charge in [-0.2, -0.15) is 0 Å². The summed E-state index contributed by atoms with van der Waals surface area (Å²) in [7, 11) is 1.66. The summed E-state index contributed by atoms with van der Waals surface area (Å²) in [6.07, 6.45) is 5.18. The molecule has 1 aromatic heterocycles. The van der Waals surface area contributed by atoms with E-state index < -0.39 is 5.82 Å². The number of halogens is 1. The van der Waals surface area contributed by atoms with Crippen LogP contribution in [-0.2, 0) is 9.47 Å². The van der Waals surface area contributed by atoms with Gasteiger partial charge in [0.2, 0.25) is 0 Å². The summed E-state index contributed by atoms with van der Waals surface area (Å²) in [5.74, 6) is -0.837. The zero-order chi connectivity index (χ0) is 14.8. The highest BCUT2D eigenvalue weighted by atomic mass is 19.1. The zero-order valence-electron chi connectivity index (χ0n) is 12.0. The van der Waals surface area contributed by atoms with E-state index in [0.29, 0.717) is 13.2 Å². The van der Waals surface area contributed by atoms with E-state index in [1.165, 1.54) is 12.3 Å². The van der Waals surface area contributed by atoms with Crippen molar-refractivity contribution in [1.82, 2.24) is 9.88 Å². The number of fused-ring (bicyclic) bond motifs is 1. The molecule has 0 saturated carbocycles. The Morgan fingerprint density at radius 3 is 3.14 bits per heavy atom. The van der Waals surface area contributed by atoms with Crippen LogP contribution in [0.15, 0.2) is 18.5 Å². The molecule has 0 N–H and O–H groups in total. The summed E-state index contributed by atoms with van der Waals surface area (Å²) in [6, 6.07) is 1.47. The molecule has 0 radical (unpaired) electrons. The quantitative estimate of drug-likeness (QED) is 0.850. The van der Waals surface area contributed by atoms with Crippen LogP contribution in [0, 0.1) is 5.82 Å². The third-order valence-corrected chi connectivity index (χ3v) is 4.25. The molecule has 0 bridgehead atoms. The van der Waals surface area contributed by atoms with Gasteiger partial charge in [0.15, 0.2) is 5.82 Å². The molecule has 2 aliphatic rings. The van der Waals surface area contributed by atoms with Gasteiger partial charge in [-0.15, -0.1) is 0 Å². The second-order valence-corrected chi connectivity index (χ2v) is 5.54. The first-order chi connectivity index (χ1) is 10.2. The van der Waals surface area contributed by atoms with Gasteiger partial charge in [0.05, 0.1) is 36.6 Å². The topological polar surface area (TPSA) is 51.7 Å². The fourth-order valence-corrected chi connectivity index (χ4v) is 3.26. The largest absolute Gasteiger partial charge is 0.382 e. The monoisotopic (exact) mass is 294 g/mol. The molecule has 3 atom stereocenters. The third-order valence-electron chi connectivity index (χ3n) is 4.25. The summed E-state index contributed by atoms with van der Waals surface area (Å²) < 4.78 is 24.8. The van der Waals surface area contributed by atoms with Gasteiger partial charge in [-0.05, 0) is 25.3 Å². The van der Waals surface area contributed by atoms with Crippen molar-refractivity contribution in [2.75, 3.05) is 20.3 Å². The third kappa shape index (κ3) is 2.78. The normalized spacial score (nSPS) is 28.5. The lowest BCUT2D eigenvalue weighted by atomic mass is 9.99. The average Bonchev–Trinajstić information content (AvgIpc) is 2.90. The molecule has 0 unspecified atom stereocenters. The lowest BCUT2D eigenvalue weighted by molar-refractivity contribution is -0.0903. The maximum Gasteiger partial charge on any atom is 0.257 e. The Hall–Kier alpha value is -1.53. The molecule has 3 rings (SSSR count). The fourth-order valence-electron chi connectivity index (χ4n) is 3.26. The number of methoxy groups -OCH3 is 1. The fraction of sp³-hybridized carbons (Fsp3) is 0.600. The molecule has 21 heavy (non-hydrogen) atoms. The van der Waals surface area contributed by atoms with E-state index >= 15 is 0 Å². The Balaban J connectivity index is 1.71. The number of likely N-dealkylation sites (tertiary alicyclic amines) is 1. The molecule has 0 aliphatic carbocycles. The lowest BCUT2D eigenvalue weighted by Crippen LogP contribution is -2.46. The van der Waals surface area contributed by atoms with E-state index in [0.717, 1.165) is 25.5 Å². The molecular weight excluding hydrogens is 275 g/mol. The summed E-state index contributed by atoms with van der Waals surface area (Å²) >= 11 is 0. The van der Waals surface area contributed by atoms with E-state index in [9.17, 15) is 9.18 Å². The van der Waals surface area contributed by atoms with Gasteiger partial charge >= 0.3 is 0 Å². The smallest absolute Gasteiger partial charge is 0.257 e. The van der Waals surface area contributed by atoms with Gasteiger partial charge in [-0.25, -0.2) is 4.39 Å². The number of aromatic nitrogens is 1. The van der Waals surface area contributed by atoms with Crippen LogP contribution in [0.5, 0.6) is 0 Å². The van der Waals surface area contributed by atoms with Crippen molar-refractivity contribution < 1.29 is 18.7 Å². The molecule has 0 spiro atoms. The number of rotatable bonds is 3. The van der Waals surface area contributed by atoms with Crippen LogP contribution in [-0.4, -0.2) is 54.3 Å². The SMILES string of the molecule is COC[C@@H]1CC[C@@H]2[C@@H](CCN2C(=O)c2ccncc2F)O1. The Labute approximate surface area is 123 Å². The standard InChI is InChI=1S/C15H19FN2O3/c1-20-9-10-2-3-13-14(21-10)5-7-18(13)15(19)11-4-6-17-8-12(11)16/h4,6,8,10,13-14H,2-3,5,7,9H2,1H3/t10-,13+,14+/m0/s1. The van der Waals surface area contributed by atoms with E-state index in [-0.39, 0.29) is 29.7 Å². The van der Waals surface area contributed by atoms with E-state index in [1.807, 2.05) is 0 Å². The number of carbonyl (C=O) groups is 1. The average molecular weight is 294 g/mol. The van der Waals surface area contributed by atoms with Crippen molar-refractivity contribution in [2.45, 2.75) is 37.5 Å². The zero-order valence-corrected chi connectivity index (χ0v) is 12.0. The highest BCUT2D eigenvalue weighted by Gasteiger charge is 2.42. The molecule has 5 nitrogen and oxygen atoms in total. The number of pyridine rings is 1. The predicted molar refractivity (Wildman–Crippen MR) is 73.4 cm³/mol. The summed E-state index contributed by atoms with van der Waals surface area (Å²) in [6.45, 7) is 1.19. The summed E-state index contributed by atoms with van der Waals surface area (Å²) in [5.41, 5.74) is 0.0877. The lowest BCUT2D eigenvalue weighted by Gasteiger charge is -2.35. The van der Waals surface area contributed by atoms with Crippen LogP contribution >= 0.6 is 0 Å². The molecule has 2 fully saturated rings. The number of ether oxygens (including phenoxy) is 2. The number of nitrogens with zero attached hydrogens (tertiary/aromatic N) is 2. The highest BCUT2D eigenvalue weighted by molar-refractivity contribution is 5.94. The summed E-state index contributed by atoms with van der Waals surface area (Å²) in [4.78, 5) is 17.9. The first kappa shape index (κ1) is 14.4. The Bertz CT molecular complexity index is 525. The highest BCUT2D eigenvalue weighted by Crippen LogP contribution is 2.32. The molecule has 6 heteroatoms. The van der Waals surface area contributed by atoms with E-state index in [4.69, 9.17) is 9.47 Å². The molecule has 2 aliphatic heterocycles. The van der Waals surface area contributed by atoms with Crippen molar-refractivity contribution >= 4 is 5.91 Å². The van der Waals surface area contributed by atoms with Crippen LogP contribution in [0.3, 0.4) is 0 Å². The molecule has 0 aromatic carbocycles. The number of carbonyl (C=O) groups excluding carboxylic acids is 1. The predicted octanol–water partition coefficient (Wildman–Crippen LogP) is 1.63. The van der Waals surface area contributed by atoms with Gasteiger partial charge in [0.25, 0.3) is 5.91 Å². The molecule has 3 heterocycles. The molecule has 1 amide bonds. The van der Waals surface area contributed by atoms with Crippen molar-refractivity contribution in [2.24, 2.45) is 0 Å². The minimum absolute atomic E-state index is 0.0350. The van der Waals surface area contributed by atoms with Gasteiger partial charge in [0, 0.05) is 19.9 Å². The van der Waals surface area contributed by atoms with Crippen molar-refractivity contribution in [3.05, 3.63) is 29.8 Å². The second-order valence-electron chi connectivity index (χ2n) is 5.54. The number of hydrogen-bond acceptors (Lipinski definition) is 4. The van der Waals surface area contributed by atoms with Gasteiger partial charge < -0.3 is 14.4 Å². The van der Waals surface area contributed by atoms with Crippen LogP contribution in [0.2, 0.25) is 0 Å². The molecular formula is C15H19FN2O3. The van der Waals surface area contributed by atoms with Crippen molar-refractivity contribution in [3.63, 3.8) is 0 Å². The Morgan fingerprint density at radius 2 is 2.38 bits per heavy atom. The maximum atomic E-state index is 13.7. The van der Waals surface area contributed by atoms with Crippen LogP contribution in [0.1, 0.15) is 29.6 Å². The molecule has 1 aromatic rings. The first-order valence-electron chi connectivity index (χ1n) is 7.25. The maximum absolute atomic E-state index is 13.7. The van der Waals surface area contributed by atoms with Crippen molar-refractivity contribution in [1.29, 1.82) is 0 Å². The van der Waals surface area contributed by atoms with Crippen LogP contribution < -0.4 is 0 Å². The summed E-state index contributed by atoms with van der Waals surface area (Å²) in [5, 5.41) is 0. The van der Waals surface area contributed by atoms with Crippen molar-refractivity contribution in [3.8, 4) is 0 Å². The van der Waals surface area contributed by atoms with Gasteiger partial charge in [-0.3, -0.25) is 9.78 Å². The Kier molecular flexibility index (Phi) is 4.17. The van der Waals surface area contributed by atoms with E-state index in [2.05, 4.69) is 4.98 Å². The number of amides is 1.